The van der Waals surface area contributed by atoms with Gasteiger partial charge in [0, 0.05) is 12.1 Å². The third-order valence-electron chi connectivity index (χ3n) is 4.98. The Morgan fingerprint density at radius 2 is 2.11 bits per heavy atom. The minimum atomic E-state index is -0.529. The van der Waals surface area contributed by atoms with Crippen molar-refractivity contribution in [1.29, 1.82) is 0 Å². The average molecular weight is 266 g/mol. The molecule has 0 saturated heterocycles. The van der Waals surface area contributed by atoms with Gasteiger partial charge in [-0.25, -0.2) is 8.78 Å². The van der Waals surface area contributed by atoms with Crippen LogP contribution in [0.3, 0.4) is 0 Å². The standard InChI is InChI=1S/C15H20F2N2/c16-12-4-3-11(14(17)8-12)7-15(19-18)13-6-9-1-2-10(13)5-9/h3-4,8-10,13,15,19H,1-2,5-7,18H2. The van der Waals surface area contributed by atoms with Gasteiger partial charge in [-0.2, -0.15) is 0 Å². The van der Waals surface area contributed by atoms with E-state index in [0.717, 1.165) is 17.9 Å². The normalized spacial score (nSPS) is 30.8. The molecule has 2 bridgehead atoms. The third-order valence-corrected chi connectivity index (χ3v) is 4.98. The fourth-order valence-corrected chi connectivity index (χ4v) is 4.04. The van der Waals surface area contributed by atoms with E-state index in [4.69, 9.17) is 5.84 Å². The summed E-state index contributed by atoms with van der Waals surface area (Å²) in [4.78, 5) is 0. The van der Waals surface area contributed by atoms with E-state index in [9.17, 15) is 8.78 Å². The lowest BCUT2D eigenvalue weighted by Crippen LogP contribution is -2.44. The first-order valence-electron chi connectivity index (χ1n) is 7.07. The molecule has 1 aromatic rings. The lowest BCUT2D eigenvalue weighted by molar-refractivity contribution is 0.247. The lowest BCUT2D eigenvalue weighted by Gasteiger charge is -2.30. The minimum absolute atomic E-state index is 0.0928. The van der Waals surface area contributed by atoms with E-state index < -0.39 is 11.6 Å². The molecule has 0 aromatic heterocycles. The van der Waals surface area contributed by atoms with E-state index in [2.05, 4.69) is 5.43 Å². The highest BCUT2D eigenvalue weighted by atomic mass is 19.1. The van der Waals surface area contributed by atoms with Gasteiger partial charge < -0.3 is 0 Å². The van der Waals surface area contributed by atoms with Crippen molar-refractivity contribution in [3.05, 3.63) is 35.4 Å². The molecule has 2 nitrogen and oxygen atoms in total. The highest BCUT2D eigenvalue weighted by Gasteiger charge is 2.42. The number of hydrazine groups is 1. The Bertz CT molecular complexity index is 463. The van der Waals surface area contributed by atoms with Crippen LogP contribution >= 0.6 is 0 Å². The number of hydrogen-bond acceptors (Lipinski definition) is 2. The summed E-state index contributed by atoms with van der Waals surface area (Å²) in [6.07, 6.45) is 5.65. The molecule has 0 aliphatic heterocycles. The summed E-state index contributed by atoms with van der Waals surface area (Å²) in [6.45, 7) is 0. The van der Waals surface area contributed by atoms with Crippen LogP contribution < -0.4 is 11.3 Å². The van der Waals surface area contributed by atoms with Gasteiger partial charge in [0.2, 0.25) is 0 Å². The Morgan fingerprint density at radius 1 is 1.26 bits per heavy atom. The zero-order valence-electron chi connectivity index (χ0n) is 10.9. The minimum Gasteiger partial charge on any atom is -0.271 e. The highest BCUT2D eigenvalue weighted by molar-refractivity contribution is 5.20. The van der Waals surface area contributed by atoms with Gasteiger partial charge >= 0.3 is 0 Å². The molecule has 2 aliphatic carbocycles. The molecule has 2 fully saturated rings. The number of nitrogens with one attached hydrogen (secondary N) is 1. The molecule has 0 spiro atoms. The monoisotopic (exact) mass is 266 g/mol. The van der Waals surface area contributed by atoms with Crippen LogP contribution in [0.1, 0.15) is 31.2 Å². The topological polar surface area (TPSA) is 38.0 Å². The largest absolute Gasteiger partial charge is 0.271 e. The van der Waals surface area contributed by atoms with Crippen LogP contribution in [-0.4, -0.2) is 6.04 Å². The first-order chi connectivity index (χ1) is 9.17. The number of halogens is 2. The van der Waals surface area contributed by atoms with Crippen molar-refractivity contribution in [3.8, 4) is 0 Å². The van der Waals surface area contributed by atoms with Crippen molar-refractivity contribution in [3.63, 3.8) is 0 Å². The maximum absolute atomic E-state index is 13.7. The van der Waals surface area contributed by atoms with Crippen molar-refractivity contribution in [1.82, 2.24) is 5.43 Å². The predicted molar refractivity (Wildman–Crippen MR) is 70.1 cm³/mol. The van der Waals surface area contributed by atoms with Crippen LogP contribution in [0.25, 0.3) is 0 Å². The quantitative estimate of drug-likeness (QED) is 0.649. The Labute approximate surface area is 112 Å². The van der Waals surface area contributed by atoms with E-state index in [1.54, 1.807) is 0 Å². The van der Waals surface area contributed by atoms with E-state index in [-0.39, 0.29) is 6.04 Å². The summed E-state index contributed by atoms with van der Waals surface area (Å²) in [5, 5.41) is 0. The van der Waals surface area contributed by atoms with E-state index in [1.165, 1.54) is 37.8 Å². The van der Waals surface area contributed by atoms with Crippen LogP contribution in [0, 0.1) is 29.4 Å². The van der Waals surface area contributed by atoms with Crippen LogP contribution in [0.2, 0.25) is 0 Å². The predicted octanol–water partition coefficient (Wildman–Crippen LogP) is 2.78. The molecular weight excluding hydrogens is 246 g/mol. The Kier molecular flexibility index (Phi) is 3.54. The molecule has 3 N–H and O–H groups in total. The second kappa shape index (κ2) is 5.17. The smallest absolute Gasteiger partial charge is 0.129 e. The summed E-state index contributed by atoms with van der Waals surface area (Å²) < 4.78 is 26.6. The lowest BCUT2D eigenvalue weighted by atomic mass is 9.81. The fourth-order valence-electron chi connectivity index (χ4n) is 4.04. The van der Waals surface area contributed by atoms with Crippen molar-refractivity contribution in [2.75, 3.05) is 0 Å². The van der Waals surface area contributed by atoms with Gasteiger partial charge in [-0.05, 0) is 55.1 Å². The van der Waals surface area contributed by atoms with Crippen LogP contribution in [0.5, 0.6) is 0 Å². The van der Waals surface area contributed by atoms with E-state index in [1.807, 2.05) is 0 Å². The zero-order chi connectivity index (χ0) is 13.4. The number of nitrogens with two attached hydrogens (primary N) is 1. The Morgan fingerprint density at radius 3 is 2.68 bits per heavy atom. The van der Waals surface area contributed by atoms with Crippen LogP contribution in [-0.2, 0) is 6.42 Å². The maximum Gasteiger partial charge on any atom is 0.129 e. The summed E-state index contributed by atoms with van der Waals surface area (Å²) in [7, 11) is 0. The molecular formula is C15H20F2N2. The molecule has 0 amide bonds. The number of hydrogen-bond donors (Lipinski definition) is 2. The van der Waals surface area contributed by atoms with Gasteiger partial charge in [0.1, 0.15) is 11.6 Å². The number of benzene rings is 1. The Balaban J connectivity index is 1.73. The van der Waals surface area contributed by atoms with Crippen molar-refractivity contribution < 1.29 is 8.78 Å². The van der Waals surface area contributed by atoms with Gasteiger partial charge in [0.15, 0.2) is 0 Å². The van der Waals surface area contributed by atoms with Gasteiger partial charge in [-0.15, -0.1) is 0 Å². The number of fused-ring (bicyclic) bond motifs is 2. The summed E-state index contributed by atoms with van der Waals surface area (Å²) in [5.41, 5.74) is 3.41. The maximum atomic E-state index is 13.7. The SMILES string of the molecule is NNC(Cc1ccc(F)cc1F)C1CC2CCC1C2. The van der Waals surface area contributed by atoms with Gasteiger partial charge in [0.05, 0.1) is 0 Å². The average Bonchev–Trinajstić information content (AvgIpc) is 3.00. The molecule has 1 aromatic carbocycles. The molecule has 3 rings (SSSR count). The molecule has 104 valence electrons. The molecule has 2 aliphatic rings. The molecule has 4 atom stereocenters. The van der Waals surface area contributed by atoms with Gasteiger partial charge in [-0.1, -0.05) is 12.5 Å². The van der Waals surface area contributed by atoms with E-state index in [0.29, 0.717) is 17.9 Å². The summed E-state index contributed by atoms with van der Waals surface area (Å²) >= 11 is 0. The fraction of sp³-hybridized carbons (Fsp3) is 0.600. The second-order valence-electron chi connectivity index (χ2n) is 6.05. The first kappa shape index (κ1) is 13.0. The summed E-state index contributed by atoms with van der Waals surface area (Å²) in [6, 6.07) is 3.88. The molecule has 4 heteroatoms. The second-order valence-corrected chi connectivity index (χ2v) is 6.05. The van der Waals surface area contributed by atoms with Crippen LogP contribution in [0.15, 0.2) is 18.2 Å². The van der Waals surface area contributed by atoms with E-state index >= 15 is 0 Å². The molecule has 2 saturated carbocycles. The number of rotatable bonds is 4. The highest BCUT2D eigenvalue weighted by Crippen LogP contribution is 2.49. The molecule has 0 heterocycles. The molecule has 19 heavy (non-hydrogen) atoms. The van der Waals surface area contributed by atoms with Gasteiger partial charge in [0.25, 0.3) is 0 Å². The Hall–Kier alpha value is -1.00. The van der Waals surface area contributed by atoms with Crippen molar-refractivity contribution in [2.24, 2.45) is 23.6 Å². The molecule has 0 radical (unpaired) electrons. The first-order valence-corrected chi connectivity index (χ1v) is 7.07. The van der Waals surface area contributed by atoms with Crippen molar-refractivity contribution >= 4 is 0 Å². The van der Waals surface area contributed by atoms with Gasteiger partial charge in [-0.3, -0.25) is 11.3 Å². The summed E-state index contributed by atoms with van der Waals surface area (Å²) in [5.74, 6) is 6.77. The molecule has 4 unspecified atom stereocenters. The zero-order valence-corrected chi connectivity index (χ0v) is 10.9. The van der Waals surface area contributed by atoms with Crippen LogP contribution in [0.4, 0.5) is 8.78 Å². The third kappa shape index (κ3) is 2.51. The van der Waals surface area contributed by atoms with Crippen molar-refractivity contribution in [2.45, 2.75) is 38.1 Å².